The van der Waals surface area contributed by atoms with E-state index in [0.29, 0.717) is 47.1 Å². The third-order valence-electron chi connectivity index (χ3n) is 5.35. The maximum Gasteiger partial charge on any atom is 0.259 e. The smallest absolute Gasteiger partial charge is 0.259 e. The van der Waals surface area contributed by atoms with Gasteiger partial charge in [0.05, 0.1) is 17.4 Å². The second-order valence-electron chi connectivity index (χ2n) is 7.47. The summed E-state index contributed by atoms with van der Waals surface area (Å²) in [6.07, 6.45) is 4.53. The van der Waals surface area contributed by atoms with Crippen molar-refractivity contribution in [1.29, 1.82) is 0 Å². The molecule has 1 amide bonds. The molecular formula is C21H17F2N7O2. The number of hydrogen-bond donors (Lipinski definition) is 1. The van der Waals surface area contributed by atoms with Crippen LogP contribution in [0.4, 0.5) is 20.2 Å². The molecule has 9 nitrogen and oxygen atoms in total. The number of phenolic OH excluding ortho intramolecular Hbond substituents is 1. The molecule has 1 N–H and O–H groups in total. The minimum atomic E-state index is -1.00. The van der Waals surface area contributed by atoms with E-state index in [-0.39, 0.29) is 11.6 Å². The summed E-state index contributed by atoms with van der Waals surface area (Å²) < 4.78 is 28.9. The number of hydrogen-bond acceptors (Lipinski definition) is 7. The molecule has 0 spiro atoms. The minimum Gasteiger partial charge on any atom is -0.505 e. The highest BCUT2D eigenvalue weighted by Gasteiger charge is 2.23. The number of rotatable bonds is 3. The Bertz CT molecular complexity index is 1380. The number of fused-ring (bicyclic) bond motifs is 3. The molecule has 2 aromatic carbocycles. The van der Waals surface area contributed by atoms with E-state index in [9.17, 15) is 18.7 Å². The number of aromatic hydroxyl groups is 1. The van der Waals surface area contributed by atoms with E-state index < -0.39 is 17.4 Å². The van der Waals surface area contributed by atoms with Crippen LogP contribution < -0.4 is 0 Å². The molecule has 162 valence electrons. The van der Waals surface area contributed by atoms with Gasteiger partial charge in [-0.3, -0.25) is 4.79 Å². The number of benzene rings is 2. The van der Waals surface area contributed by atoms with Crippen molar-refractivity contribution in [2.75, 3.05) is 13.1 Å². The van der Waals surface area contributed by atoms with Gasteiger partial charge in [0.25, 0.3) is 5.91 Å². The summed E-state index contributed by atoms with van der Waals surface area (Å²) in [6.45, 7) is 1.41. The molecule has 11 heteroatoms. The zero-order chi connectivity index (χ0) is 22.2. The van der Waals surface area contributed by atoms with Gasteiger partial charge in [-0.2, -0.15) is 10.2 Å². The minimum absolute atomic E-state index is 0.131. The second-order valence-corrected chi connectivity index (χ2v) is 7.47. The summed E-state index contributed by atoms with van der Waals surface area (Å²) in [5.74, 6) is -2.84. The van der Waals surface area contributed by atoms with Gasteiger partial charge in [0.1, 0.15) is 16.8 Å². The molecule has 3 heterocycles. The molecule has 5 rings (SSSR count). The number of carbonyl (C=O) groups excluding carboxylic acids is 1. The summed E-state index contributed by atoms with van der Waals surface area (Å²) in [4.78, 5) is 14.7. The Balaban J connectivity index is 1.52. The Morgan fingerprint density at radius 1 is 1.00 bits per heavy atom. The van der Waals surface area contributed by atoms with Crippen molar-refractivity contribution in [2.24, 2.45) is 10.2 Å². The average molecular weight is 437 g/mol. The number of azo groups is 1. The monoisotopic (exact) mass is 437 g/mol. The summed E-state index contributed by atoms with van der Waals surface area (Å²) in [7, 11) is 0. The van der Waals surface area contributed by atoms with Gasteiger partial charge in [0.15, 0.2) is 23.0 Å². The molecule has 0 bridgehead atoms. The van der Waals surface area contributed by atoms with E-state index in [1.54, 1.807) is 23.1 Å². The van der Waals surface area contributed by atoms with Crippen molar-refractivity contribution in [2.45, 2.75) is 19.3 Å². The van der Waals surface area contributed by atoms with Crippen LogP contribution in [0.3, 0.4) is 0 Å². The summed E-state index contributed by atoms with van der Waals surface area (Å²) in [5.41, 5.74) is 1.72. The normalized spacial score (nSPS) is 14.6. The van der Waals surface area contributed by atoms with Crippen LogP contribution in [0.1, 0.15) is 29.6 Å². The summed E-state index contributed by atoms with van der Waals surface area (Å²) in [6, 6.07) is 6.22. The highest BCUT2D eigenvalue weighted by Crippen LogP contribution is 2.28. The molecule has 0 aliphatic carbocycles. The number of piperidine rings is 1. The average Bonchev–Trinajstić information content (AvgIpc) is 3.25. The van der Waals surface area contributed by atoms with Crippen LogP contribution in [0, 0.1) is 11.6 Å². The van der Waals surface area contributed by atoms with Gasteiger partial charge in [-0.15, -0.1) is 15.3 Å². The number of carbonyl (C=O) groups is 1. The lowest BCUT2D eigenvalue weighted by Crippen LogP contribution is -2.35. The lowest BCUT2D eigenvalue weighted by Gasteiger charge is -2.26. The third kappa shape index (κ3) is 3.51. The first kappa shape index (κ1) is 19.9. The second kappa shape index (κ2) is 7.91. The van der Waals surface area contributed by atoms with Gasteiger partial charge >= 0.3 is 0 Å². The Labute approximate surface area is 180 Å². The first-order chi connectivity index (χ1) is 15.5. The third-order valence-corrected chi connectivity index (χ3v) is 5.35. The molecule has 2 aromatic heterocycles. The van der Waals surface area contributed by atoms with Crippen LogP contribution in [0.15, 0.2) is 46.8 Å². The fraction of sp³-hybridized carbons (Fsp3) is 0.238. The number of phenols is 1. The van der Waals surface area contributed by atoms with Crippen LogP contribution in [-0.4, -0.2) is 48.8 Å². The summed E-state index contributed by atoms with van der Waals surface area (Å²) in [5, 5.41) is 29.6. The van der Waals surface area contributed by atoms with Crippen LogP contribution in [0.25, 0.3) is 16.7 Å². The van der Waals surface area contributed by atoms with E-state index in [2.05, 4.69) is 25.5 Å². The number of halogens is 2. The van der Waals surface area contributed by atoms with Gasteiger partial charge in [0.2, 0.25) is 0 Å². The molecule has 32 heavy (non-hydrogen) atoms. The first-order valence-corrected chi connectivity index (χ1v) is 10.0. The predicted octanol–water partition coefficient (Wildman–Crippen LogP) is 4.30. The van der Waals surface area contributed by atoms with E-state index >= 15 is 0 Å². The molecule has 1 saturated heterocycles. The SMILES string of the molecule is O=C(c1cnn2c1nnc1ccc(N=Nc3cc(F)c(O)cc3F)cc12)N1CCCCC1. The molecule has 0 saturated carbocycles. The van der Waals surface area contributed by atoms with E-state index in [1.165, 1.54) is 10.7 Å². The number of amides is 1. The van der Waals surface area contributed by atoms with Crippen molar-refractivity contribution in [3.05, 3.63) is 53.7 Å². The quantitative estimate of drug-likeness (QED) is 0.481. The number of likely N-dealkylation sites (tertiary alicyclic amines) is 1. The van der Waals surface area contributed by atoms with Crippen molar-refractivity contribution < 1.29 is 18.7 Å². The molecule has 0 unspecified atom stereocenters. The first-order valence-electron chi connectivity index (χ1n) is 10.0. The fourth-order valence-electron chi connectivity index (χ4n) is 3.68. The van der Waals surface area contributed by atoms with E-state index in [4.69, 9.17) is 0 Å². The predicted molar refractivity (Wildman–Crippen MR) is 110 cm³/mol. The molecule has 1 aliphatic heterocycles. The van der Waals surface area contributed by atoms with E-state index in [1.807, 2.05) is 0 Å². The van der Waals surface area contributed by atoms with Crippen LogP contribution >= 0.6 is 0 Å². The van der Waals surface area contributed by atoms with Gasteiger partial charge < -0.3 is 10.0 Å². The van der Waals surface area contributed by atoms with Crippen molar-refractivity contribution in [3.63, 3.8) is 0 Å². The highest BCUT2D eigenvalue weighted by atomic mass is 19.1. The number of aromatic nitrogens is 4. The lowest BCUT2D eigenvalue weighted by molar-refractivity contribution is 0.0726. The van der Waals surface area contributed by atoms with Crippen LogP contribution in [-0.2, 0) is 0 Å². The largest absolute Gasteiger partial charge is 0.505 e. The van der Waals surface area contributed by atoms with Crippen molar-refractivity contribution >= 4 is 34.0 Å². The maximum absolute atomic E-state index is 13.9. The van der Waals surface area contributed by atoms with Gasteiger partial charge in [-0.05, 0) is 37.5 Å². The molecular weight excluding hydrogens is 420 g/mol. The Hall–Kier alpha value is -4.02. The molecule has 4 aromatic rings. The van der Waals surface area contributed by atoms with Crippen molar-refractivity contribution in [1.82, 2.24) is 24.7 Å². The van der Waals surface area contributed by atoms with Crippen molar-refractivity contribution in [3.8, 4) is 5.75 Å². The van der Waals surface area contributed by atoms with Crippen LogP contribution in [0.2, 0.25) is 0 Å². The van der Waals surface area contributed by atoms with Gasteiger partial charge in [-0.25, -0.2) is 13.3 Å². The summed E-state index contributed by atoms with van der Waals surface area (Å²) >= 11 is 0. The number of nitrogens with zero attached hydrogens (tertiary/aromatic N) is 7. The highest BCUT2D eigenvalue weighted by molar-refractivity contribution is 6.00. The zero-order valence-electron chi connectivity index (χ0n) is 16.7. The molecule has 1 fully saturated rings. The molecule has 0 radical (unpaired) electrons. The lowest BCUT2D eigenvalue weighted by atomic mass is 10.1. The standard InChI is InChI=1S/C21H17F2N7O2/c22-14-10-19(31)15(23)9-17(14)27-25-12-4-5-16-18(8-12)30-20(28-26-16)13(11-24-30)21(32)29-6-2-1-3-7-29/h4-5,8-11,31H,1-3,6-7H2. The van der Waals surface area contributed by atoms with Crippen LogP contribution in [0.5, 0.6) is 5.75 Å². The van der Waals surface area contributed by atoms with Gasteiger partial charge in [-0.1, -0.05) is 0 Å². The topological polar surface area (TPSA) is 108 Å². The Morgan fingerprint density at radius 3 is 2.62 bits per heavy atom. The molecule has 0 atom stereocenters. The Kier molecular flexibility index (Phi) is 4.92. The van der Waals surface area contributed by atoms with E-state index in [0.717, 1.165) is 25.3 Å². The maximum atomic E-state index is 13.9. The molecule has 1 aliphatic rings. The van der Waals surface area contributed by atoms with Gasteiger partial charge in [0, 0.05) is 25.2 Å². The fourth-order valence-corrected chi connectivity index (χ4v) is 3.68. The Morgan fingerprint density at radius 2 is 1.81 bits per heavy atom. The zero-order valence-corrected chi connectivity index (χ0v) is 16.7.